The molecule has 5 aromatic rings. The fraction of sp³-hybridized carbons (Fsp3) is 0.419. The molecule has 274 valence electrons. The molecule has 4 heterocycles. The number of fused-ring (bicyclic) bond motifs is 1. The number of ether oxygens (including phenoxy) is 3. The van der Waals surface area contributed by atoms with Gasteiger partial charge in [-0.1, -0.05) is 86.6 Å². The first-order chi connectivity index (χ1) is 25.2. The van der Waals surface area contributed by atoms with E-state index in [1.54, 1.807) is 0 Å². The number of nitrogens with zero attached hydrogens (tertiary/aromatic N) is 5. The number of hydrogen-bond acceptors (Lipinski definition) is 7. The number of hydrogen-bond donors (Lipinski definition) is 0. The second kappa shape index (κ2) is 16.1. The Balaban J connectivity index is 0.00000228. The molecule has 0 radical (unpaired) electrons. The van der Waals surface area contributed by atoms with Crippen molar-refractivity contribution in [2.75, 3.05) is 31.1 Å². The van der Waals surface area contributed by atoms with Gasteiger partial charge in [0.15, 0.2) is 0 Å². The van der Waals surface area contributed by atoms with Gasteiger partial charge in [0.05, 0.1) is 16.8 Å². The minimum Gasteiger partial charge on any atom is -0.473 e. The van der Waals surface area contributed by atoms with Gasteiger partial charge in [-0.25, -0.2) is 4.79 Å². The van der Waals surface area contributed by atoms with E-state index in [0.717, 1.165) is 85.1 Å². The van der Waals surface area contributed by atoms with Crippen molar-refractivity contribution in [1.82, 2.24) is 19.7 Å². The lowest BCUT2D eigenvalue weighted by molar-refractivity contribution is 0.00666. The summed E-state index contributed by atoms with van der Waals surface area (Å²) in [4.78, 5) is 21.9. The van der Waals surface area contributed by atoms with E-state index in [9.17, 15) is 4.79 Å². The quantitative estimate of drug-likeness (QED) is 0.159. The van der Waals surface area contributed by atoms with Crippen LogP contribution in [0.2, 0.25) is 0 Å². The summed E-state index contributed by atoms with van der Waals surface area (Å²) in [5.41, 5.74) is 5.86. The largest absolute Gasteiger partial charge is 0.473 e. The predicted octanol–water partition coefficient (Wildman–Crippen LogP) is 9.44. The molecule has 2 aromatic heterocycles. The van der Waals surface area contributed by atoms with Crippen LogP contribution in [0.4, 0.5) is 10.5 Å². The van der Waals surface area contributed by atoms with Crippen LogP contribution >= 0.6 is 0 Å². The normalized spacial score (nSPS) is 15.6. The lowest BCUT2D eigenvalue weighted by atomic mass is 9.71. The minimum absolute atomic E-state index is 0.193. The smallest absolute Gasteiger partial charge is 0.410 e. The van der Waals surface area contributed by atoms with Crippen LogP contribution in [0.5, 0.6) is 11.8 Å². The number of piperidine rings is 2. The van der Waals surface area contributed by atoms with E-state index in [1.165, 1.54) is 5.69 Å². The number of amides is 1. The van der Waals surface area contributed by atoms with Crippen molar-refractivity contribution in [3.05, 3.63) is 102 Å². The number of likely N-dealkylation sites (tertiary alicyclic amines) is 1. The van der Waals surface area contributed by atoms with Gasteiger partial charge >= 0.3 is 6.09 Å². The molecule has 0 unspecified atom stereocenters. The van der Waals surface area contributed by atoms with Crippen LogP contribution < -0.4 is 14.4 Å². The predicted molar refractivity (Wildman–Crippen MR) is 208 cm³/mol. The van der Waals surface area contributed by atoms with Gasteiger partial charge in [0.25, 0.3) is 0 Å². The summed E-state index contributed by atoms with van der Waals surface area (Å²) < 4.78 is 20.1. The molecular weight excluding hydrogens is 651 g/mol. The van der Waals surface area contributed by atoms with Gasteiger partial charge in [-0.3, -0.25) is 4.68 Å². The first-order valence-electron chi connectivity index (χ1n) is 18.7. The summed E-state index contributed by atoms with van der Waals surface area (Å²) in [5.74, 6) is 0.989. The van der Waals surface area contributed by atoms with E-state index < -0.39 is 5.60 Å². The highest BCUT2D eigenvalue weighted by Gasteiger charge is 2.40. The fourth-order valence-electron chi connectivity index (χ4n) is 7.23. The van der Waals surface area contributed by atoms with Crippen LogP contribution in [0, 0.1) is 5.41 Å². The number of anilines is 1. The van der Waals surface area contributed by atoms with Gasteiger partial charge in [-0.2, -0.15) is 10.1 Å². The zero-order chi connectivity index (χ0) is 36.7. The lowest BCUT2D eigenvalue weighted by Crippen LogP contribution is -2.49. The average Bonchev–Trinajstić information content (AvgIpc) is 3.51. The highest BCUT2D eigenvalue weighted by atomic mass is 16.6. The summed E-state index contributed by atoms with van der Waals surface area (Å²) >= 11 is 0. The maximum Gasteiger partial charge on any atom is 0.410 e. The van der Waals surface area contributed by atoms with Gasteiger partial charge in [0.1, 0.15) is 24.5 Å². The molecule has 0 bridgehead atoms. The Morgan fingerprint density at radius 3 is 1.96 bits per heavy atom. The van der Waals surface area contributed by atoms with Crippen molar-refractivity contribution >= 4 is 22.7 Å². The van der Waals surface area contributed by atoms with Crippen LogP contribution in [0.1, 0.15) is 71.4 Å². The van der Waals surface area contributed by atoms with Crippen molar-refractivity contribution in [2.24, 2.45) is 12.5 Å². The molecule has 9 heteroatoms. The lowest BCUT2D eigenvalue weighted by Gasteiger charge is -2.47. The van der Waals surface area contributed by atoms with Crippen molar-refractivity contribution in [3.8, 4) is 23.0 Å². The summed E-state index contributed by atoms with van der Waals surface area (Å²) in [6.45, 7) is 14.0. The number of rotatable bonds is 8. The van der Waals surface area contributed by atoms with E-state index in [2.05, 4.69) is 23.1 Å². The fourth-order valence-corrected chi connectivity index (χ4v) is 7.23. The maximum atomic E-state index is 12.7. The van der Waals surface area contributed by atoms with E-state index in [-0.39, 0.29) is 11.5 Å². The Kier molecular flexibility index (Phi) is 11.4. The molecular formula is C43H53N5O4. The van der Waals surface area contributed by atoms with Gasteiger partial charge < -0.3 is 24.0 Å². The molecule has 2 aliphatic heterocycles. The molecule has 2 fully saturated rings. The van der Waals surface area contributed by atoms with E-state index in [1.807, 2.05) is 124 Å². The number of para-hydroxylation sites is 1. The van der Waals surface area contributed by atoms with Gasteiger partial charge in [-0.05, 0) is 75.1 Å². The van der Waals surface area contributed by atoms with Crippen molar-refractivity contribution in [2.45, 2.75) is 79.1 Å². The second-order valence-electron chi connectivity index (χ2n) is 14.7. The molecule has 0 saturated carbocycles. The number of aryl methyl sites for hydroxylation is 1. The van der Waals surface area contributed by atoms with Crippen LogP contribution in [0.15, 0.2) is 91.0 Å². The number of carbonyl (C=O) groups is 1. The standard InChI is InChI=1S/C41H47N5O4.C2H6/c1-40(2,3)50-39(47)46-26-22-41(23-27-46)20-24-45(25-21-41)34-17-11-16-32-36(43-44(4)37(32)34)33-18-19-35(48-28-30-12-7-5-8-13-30)42-38(33)49-29-31-14-9-6-10-15-31;1-2/h5-19H,20-29H2,1-4H3;1-2H3. The van der Waals surface area contributed by atoms with Gasteiger partial charge in [0, 0.05) is 44.7 Å². The average molecular weight is 704 g/mol. The summed E-state index contributed by atoms with van der Waals surface area (Å²) in [6, 6.07) is 30.6. The number of carbonyl (C=O) groups excluding carboxylic acids is 1. The molecule has 1 spiro atoms. The van der Waals surface area contributed by atoms with Crippen molar-refractivity contribution in [1.29, 1.82) is 0 Å². The van der Waals surface area contributed by atoms with Crippen LogP contribution in [0.3, 0.4) is 0 Å². The first kappa shape index (κ1) is 36.7. The Labute approximate surface area is 308 Å². The number of pyridine rings is 1. The summed E-state index contributed by atoms with van der Waals surface area (Å²) in [5, 5.41) is 6.12. The zero-order valence-electron chi connectivity index (χ0n) is 31.6. The molecule has 3 aromatic carbocycles. The third kappa shape index (κ3) is 8.52. The topological polar surface area (TPSA) is 82.0 Å². The third-order valence-corrected chi connectivity index (χ3v) is 10.0. The third-order valence-electron chi connectivity index (χ3n) is 10.0. The molecule has 7 rings (SSSR count). The SMILES string of the molecule is CC.Cn1nc(-c2ccc(OCc3ccccc3)nc2OCc2ccccc2)c2cccc(N3CCC4(CCN(C(=O)OC(C)(C)C)CC4)CC3)c21. The summed E-state index contributed by atoms with van der Waals surface area (Å²) in [7, 11) is 2.02. The van der Waals surface area contributed by atoms with Gasteiger partial charge in [0.2, 0.25) is 11.8 Å². The molecule has 1 amide bonds. The zero-order valence-corrected chi connectivity index (χ0v) is 31.6. The van der Waals surface area contributed by atoms with Crippen molar-refractivity contribution in [3.63, 3.8) is 0 Å². The van der Waals surface area contributed by atoms with Crippen molar-refractivity contribution < 1.29 is 19.0 Å². The molecule has 52 heavy (non-hydrogen) atoms. The van der Waals surface area contributed by atoms with E-state index in [0.29, 0.717) is 25.0 Å². The molecule has 9 nitrogen and oxygen atoms in total. The monoisotopic (exact) mass is 703 g/mol. The molecule has 2 saturated heterocycles. The highest BCUT2D eigenvalue weighted by molar-refractivity contribution is 6.01. The maximum absolute atomic E-state index is 12.7. The summed E-state index contributed by atoms with van der Waals surface area (Å²) in [6.07, 6.45) is 4.04. The number of benzene rings is 3. The van der Waals surface area contributed by atoms with Crippen LogP contribution in [0.25, 0.3) is 22.2 Å². The Morgan fingerprint density at radius 2 is 1.35 bits per heavy atom. The molecule has 0 atom stereocenters. The Morgan fingerprint density at radius 1 is 0.750 bits per heavy atom. The Bertz CT molecular complexity index is 1920. The Hall–Kier alpha value is -5.05. The van der Waals surface area contributed by atoms with E-state index >= 15 is 0 Å². The number of aromatic nitrogens is 3. The molecule has 0 N–H and O–H groups in total. The van der Waals surface area contributed by atoms with E-state index in [4.69, 9.17) is 24.3 Å². The molecule has 0 aliphatic carbocycles. The molecule has 2 aliphatic rings. The highest BCUT2D eigenvalue weighted by Crippen LogP contribution is 2.44. The second-order valence-corrected chi connectivity index (χ2v) is 14.7. The first-order valence-corrected chi connectivity index (χ1v) is 18.7. The minimum atomic E-state index is -0.474. The van der Waals surface area contributed by atoms with Crippen LogP contribution in [-0.2, 0) is 25.0 Å². The van der Waals surface area contributed by atoms with Gasteiger partial charge in [-0.15, -0.1) is 0 Å². The van der Waals surface area contributed by atoms with Crippen LogP contribution in [-0.4, -0.2) is 57.5 Å².